The van der Waals surface area contributed by atoms with E-state index in [2.05, 4.69) is 9.97 Å². The molecule has 0 saturated carbocycles. The maximum Gasteiger partial charge on any atom is 0.316 e. The van der Waals surface area contributed by atoms with E-state index in [4.69, 9.17) is 10.5 Å². The number of ether oxygens (including phenoxy) is 1. The van der Waals surface area contributed by atoms with Gasteiger partial charge in [-0.25, -0.2) is 4.98 Å². The van der Waals surface area contributed by atoms with Gasteiger partial charge in [0.1, 0.15) is 0 Å². The summed E-state index contributed by atoms with van der Waals surface area (Å²) in [6.07, 6.45) is 0. The van der Waals surface area contributed by atoms with Crippen LogP contribution in [0, 0.1) is 6.92 Å². The average molecular weight is 215 g/mol. The molecule has 2 aromatic rings. The van der Waals surface area contributed by atoms with Gasteiger partial charge in [0.05, 0.1) is 12.8 Å². The van der Waals surface area contributed by atoms with Gasteiger partial charge in [-0.2, -0.15) is 4.98 Å². The summed E-state index contributed by atoms with van der Waals surface area (Å²) in [5.41, 5.74) is 9.08. The van der Waals surface area contributed by atoms with Crippen LogP contribution in [0.25, 0.3) is 11.3 Å². The van der Waals surface area contributed by atoms with Crippen molar-refractivity contribution in [3.8, 4) is 17.3 Å². The van der Waals surface area contributed by atoms with E-state index < -0.39 is 0 Å². The highest BCUT2D eigenvalue weighted by molar-refractivity contribution is 5.62. The van der Waals surface area contributed by atoms with Crippen molar-refractivity contribution in [1.82, 2.24) is 9.97 Å². The predicted octanol–water partition coefficient (Wildman–Crippen LogP) is 2.04. The number of nitrogen functional groups attached to an aromatic ring is 1. The second-order valence-electron chi connectivity index (χ2n) is 3.50. The molecular formula is C12H13N3O. The van der Waals surface area contributed by atoms with Crippen LogP contribution in [-0.4, -0.2) is 17.1 Å². The Morgan fingerprint density at radius 3 is 2.44 bits per heavy atom. The first kappa shape index (κ1) is 10.4. The van der Waals surface area contributed by atoms with Gasteiger partial charge < -0.3 is 10.5 Å². The Balaban J connectivity index is 2.47. The molecule has 0 unspecified atom stereocenters. The summed E-state index contributed by atoms with van der Waals surface area (Å²) in [5.74, 6) is 0. The van der Waals surface area contributed by atoms with Gasteiger partial charge in [0.25, 0.3) is 0 Å². The third kappa shape index (κ3) is 2.11. The minimum absolute atomic E-state index is 0.381. The molecule has 0 aliphatic rings. The quantitative estimate of drug-likeness (QED) is 0.779. The second kappa shape index (κ2) is 4.18. The number of rotatable bonds is 2. The number of anilines is 1. The van der Waals surface area contributed by atoms with Crippen LogP contribution in [0.2, 0.25) is 0 Å². The number of methoxy groups -OCH3 is 1. The van der Waals surface area contributed by atoms with Crippen molar-refractivity contribution in [2.24, 2.45) is 0 Å². The fourth-order valence-electron chi connectivity index (χ4n) is 1.43. The molecule has 4 nitrogen and oxygen atoms in total. The SMILES string of the molecule is COc1nc(C)cc(-c2ccc(N)cc2)n1. The molecule has 0 saturated heterocycles. The number of benzene rings is 1. The van der Waals surface area contributed by atoms with Crippen LogP contribution in [0.4, 0.5) is 5.69 Å². The fourth-order valence-corrected chi connectivity index (χ4v) is 1.43. The van der Waals surface area contributed by atoms with E-state index in [-0.39, 0.29) is 0 Å². The van der Waals surface area contributed by atoms with Crippen LogP contribution in [-0.2, 0) is 0 Å². The topological polar surface area (TPSA) is 61.0 Å². The van der Waals surface area contributed by atoms with Crippen molar-refractivity contribution in [2.45, 2.75) is 6.92 Å². The third-order valence-electron chi connectivity index (χ3n) is 2.22. The van der Waals surface area contributed by atoms with E-state index in [1.54, 1.807) is 7.11 Å². The van der Waals surface area contributed by atoms with E-state index in [0.717, 1.165) is 22.6 Å². The van der Waals surface area contributed by atoms with Gasteiger partial charge in [-0.3, -0.25) is 0 Å². The van der Waals surface area contributed by atoms with Gasteiger partial charge in [0.2, 0.25) is 0 Å². The van der Waals surface area contributed by atoms with Gasteiger partial charge in [-0.1, -0.05) is 12.1 Å². The molecule has 82 valence electrons. The summed E-state index contributed by atoms with van der Waals surface area (Å²) < 4.78 is 5.03. The number of hydrogen-bond acceptors (Lipinski definition) is 4. The standard InChI is InChI=1S/C12H13N3O/c1-8-7-11(15-12(14-8)16-2)9-3-5-10(13)6-4-9/h3-7H,13H2,1-2H3. The van der Waals surface area contributed by atoms with Gasteiger partial charge in [-0.15, -0.1) is 0 Å². The Hall–Kier alpha value is -2.10. The number of aryl methyl sites for hydroxylation is 1. The fraction of sp³-hybridized carbons (Fsp3) is 0.167. The van der Waals surface area contributed by atoms with Gasteiger partial charge in [0.15, 0.2) is 0 Å². The van der Waals surface area contributed by atoms with Gasteiger partial charge in [-0.05, 0) is 25.1 Å². The molecule has 0 spiro atoms. The highest BCUT2D eigenvalue weighted by Gasteiger charge is 2.04. The smallest absolute Gasteiger partial charge is 0.316 e. The monoisotopic (exact) mass is 215 g/mol. The lowest BCUT2D eigenvalue weighted by Gasteiger charge is -2.05. The summed E-state index contributed by atoms with van der Waals surface area (Å²) in [4.78, 5) is 8.42. The van der Waals surface area contributed by atoms with E-state index >= 15 is 0 Å². The summed E-state index contributed by atoms with van der Waals surface area (Å²) in [7, 11) is 1.56. The minimum atomic E-state index is 0.381. The molecule has 0 radical (unpaired) electrons. The molecule has 0 bridgehead atoms. The van der Waals surface area contributed by atoms with Crippen LogP contribution in [0.5, 0.6) is 6.01 Å². The first-order valence-corrected chi connectivity index (χ1v) is 4.94. The molecule has 16 heavy (non-hydrogen) atoms. The molecule has 2 rings (SSSR count). The molecule has 1 aromatic heterocycles. The van der Waals surface area contributed by atoms with Crippen LogP contribution < -0.4 is 10.5 Å². The van der Waals surface area contributed by atoms with E-state index in [1.807, 2.05) is 37.3 Å². The summed E-state index contributed by atoms with van der Waals surface area (Å²) in [5, 5.41) is 0. The molecule has 0 aliphatic carbocycles. The van der Waals surface area contributed by atoms with Crippen molar-refractivity contribution in [2.75, 3.05) is 12.8 Å². The molecular weight excluding hydrogens is 202 g/mol. The molecule has 2 N–H and O–H groups in total. The molecule has 1 heterocycles. The first-order valence-electron chi connectivity index (χ1n) is 4.94. The van der Waals surface area contributed by atoms with Crippen molar-refractivity contribution in [1.29, 1.82) is 0 Å². The van der Waals surface area contributed by atoms with Crippen molar-refractivity contribution >= 4 is 5.69 Å². The molecule has 1 aromatic carbocycles. The lowest BCUT2D eigenvalue weighted by Crippen LogP contribution is -1.96. The zero-order chi connectivity index (χ0) is 11.5. The van der Waals surface area contributed by atoms with E-state index in [9.17, 15) is 0 Å². The Morgan fingerprint density at radius 2 is 1.81 bits per heavy atom. The molecule has 0 fully saturated rings. The summed E-state index contributed by atoms with van der Waals surface area (Å²) >= 11 is 0. The lowest BCUT2D eigenvalue weighted by molar-refractivity contribution is 0.379. The lowest BCUT2D eigenvalue weighted by atomic mass is 10.1. The Bertz CT molecular complexity index is 494. The number of hydrogen-bond donors (Lipinski definition) is 1. The van der Waals surface area contributed by atoms with E-state index in [0.29, 0.717) is 6.01 Å². The normalized spacial score (nSPS) is 10.1. The largest absolute Gasteiger partial charge is 0.467 e. The highest BCUT2D eigenvalue weighted by Crippen LogP contribution is 2.20. The second-order valence-corrected chi connectivity index (χ2v) is 3.50. The van der Waals surface area contributed by atoms with Crippen LogP contribution in [0.3, 0.4) is 0 Å². The number of nitrogens with two attached hydrogens (primary N) is 1. The minimum Gasteiger partial charge on any atom is -0.467 e. The Labute approximate surface area is 94.1 Å². The van der Waals surface area contributed by atoms with Crippen LogP contribution in [0.15, 0.2) is 30.3 Å². The Kier molecular flexibility index (Phi) is 2.72. The van der Waals surface area contributed by atoms with Crippen LogP contribution >= 0.6 is 0 Å². The highest BCUT2D eigenvalue weighted by atomic mass is 16.5. The maximum absolute atomic E-state index is 5.63. The third-order valence-corrected chi connectivity index (χ3v) is 2.22. The molecule has 0 amide bonds. The molecule has 0 atom stereocenters. The molecule has 4 heteroatoms. The zero-order valence-corrected chi connectivity index (χ0v) is 9.27. The van der Waals surface area contributed by atoms with Crippen molar-refractivity contribution in [3.63, 3.8) is 0 Å². The Morgan fingerprint density at radius 1 is 1.12 bits per heavy atom. The number of aromatic nitrogens is 2. The summed E-state index contributed by atoms with van der Waals surface area (Å²) in [6, 6.07) is 9.84. The average Bonchev–Trinajstić information content (AvgIpc) is 2.29. The number of nitrogens with zero attached hydrogens (tertiary/aromatic N) is 2. The molecule has 0 aliphatic heterocycles. The first-order chi connectivity index (χ1) is 7.69. The van der Waals surface area contributed by atoms with E-state index in [1.165, 1.54) is 0 Å². The van der Waals surface area contributed by atoms with Gasteiger partial charge in [0, 0.05) is 16.9 Å². The van der Waals surface area contributed by atoms with Crippen molar-refractivity contribution < 1.29 is 4.74 Å². The van der Waals surface area contributed by atoms with Gasteiger partial charge >= 0.3 is 6.01 Å². The zero-order valence-electron chi connectivity index (χ0n) is 9.27. The summed E-state index contributed by atoms with van der Waals surface area (Å²) in [6.45, 7) is 1.91. The van der Waals surface area contributed by atoms with Crippen LogP contribution in [0.1, 0.15) is 5.69 Å². The van der Waals surface area contributed by atoms with Crippen molar-refractivity contribution in [3.05, 3.63) is 36.0 Å². The maximum atomic E-state index is 5.63. The predicted molar refractivity (Wildman–Crippen MR) is 63.2 cm³/mol.